The summed E-state index contributed by atoms with van der Waals surface area (Å²) < 4.78 is 4.86. The molecule has 0 aliphatic rings. The van der Waals surface area contributed by atoms with E-state index in [-0.39, 0.29) is 25.7 Å². The third-order valence-electron chi connectivity index (χ3n) is 3.33. The van der Waals surface area contributed by atoms with Crippen LogP contribution in [0.1, 0.15) is 32.6 Å². The fourth-order valence-electron chi connectivity index (χ4n) is 1.77. The van der Waals surface area contributed by atoms with Gasteiger partial charge in [0, 0.05) is 12.8 Å². The number of nitrogens with one attached hydrogen (secondary N) is 1. The molecule has 1 amide bonds. The number of esters is 1. The molecular weight excluding hydrogens is 354 g/mol. The first kappa shape index (κ1) is 23.3. The molecule has 0 fully saturated rings. The maximum absolute atomic E-state index is 11.7. The van der Waals surface area contributed by atoms with Gasteiger partial charge in [-0.3, -0.25) is 19.2 Å². The van der Waals surface area contributed by atoms with Gasteiger partial charge in [-0.1, -0.05) is 0 Å². The van der Waals surface area contributed by atoms with E-state index in [1.54, 1.807) is 0 Å². The molecular formula is C14H23N3O9. The number of nitrogens with two attached hydrogens (primary N) is 2. The van der Waals surface area contributed by atoms with Crippen molar-refractivity contribution in [3.63, 3.8) is 0 Å². The molecule has 148 valence electrons. The summed E-state index contributed by atoms with van der Waals surface area (Å²) in [5.41, 5.74) is 10.7. The van der Waals surface area contributed by atoms with Crippen LogP contribution in [0.2, 0.25) is 0 Å². The SMILES string of the molecule is C[C@@H](OC(=O)[C@@H](N)CCC(=O)O)[C@H](NC(=O)CC[C@H](N)C(=O)O)C(=O)O. The zero-order valence-electron chi connectivity index (χ0n) is 14.1. The number of rotatable bonds is 12. The van der Waals surface area contributed by atoms with Crippen molar-refractivity contribution in [3.8, 4) is 0 Å². The highest BCUT2D eigenvalue weighted by molar-refractivity contribution is 5.85. The van der Waals surface area contributed by atoms with Gasteiger partial charge in [-0.05, 0) is 19.8 Å². The van der Waals surface area contributed by atoms with Gasteiger partial charge in [0.25, 0.3) is 0 Å². The third kappa shape index (κ3) is 8.94. The third-order valence-corrected chi connectivity index (χ3v) is 3.33. The Bertz CT molecular complexity index is 552. The van der Waals surface area contributed by atoms with Gasteiger partial charge in [0.05, 0.1) is 0 Å². The number of carboxylic acid groups (broad SMARTS) is 3. The minimum Gasteiger partial charge on any atom is -0.481 e. The van der Waals surface area contributed by atoms with Crippen LogP contribution in [0.25, 0.3) is 0 Å². The highest BCUT2D eigenvalue weighted by atomic mass is 16.5. The maximum atomic E-state index is 11.7. The lowest BCUT2D eigenvalue weighted by Crippen LogP contribution is -2.50. The molecule has 0 radical (unpaired) electrons. The normalized spacial score (nSPS) is 15.2. The van der Waals surface area contributed by atoms with Crippen molar-refractivity contribution in [2.24, 2.45) is 11.5 Å². The molecule has 0 saturated heterocycles. The molecule has 26 heavy (non-hydrogen) atoms. The second-order valence-corrected chi connectivity index (χ2v) is 5.55. The van der Waals surface area contributed by atoms with Crippen molar-refractivity contribution >= 4 is 29.8 Å². The number of amides is 1. The topological polar surface area (TPSA) is 219 Å². The minimum absolute atomic E-state index is 0.196. The van der Waals surface area contributed by atoms with E-state index in [9.17, 15) is 24.0 Å². The van der Waals surface area contributed by atoms with Crippen molar-refractivity contribution in [3.05, 3.63) is 0 Å². The van der Waals surface area contributed by atoms with Gasteiger partial charge in [0.2, 0.25) is 5.91 Å². The van der Waals surface area contributed by atoms with Crippen LogP contribution in [0.4, 0.5) is 0 Å². The summed E-state index contributed by atoms with van der Waals surface area (Å²) in [5.74, 6) is -5.73. The minimum atomic E-state index is -1.60. The summed E-state index contributed by atoms with van der Waals surface area (Å²) >= 11 is 0. The number of ether oxygens (including phenoxy) is 1. The largest absolute Gasteiger partial charge is 0.481 e. The summed E-state index contributed by atoms with van der Waals surface area (Å²) in [6.07, 6.45) is -2.41. The predicted octanol–water partition coefficient (Wildman–Crippen LogP) is -2.13. The molecule has 0 aliphatic heterocycles. The highest BCUT2D eigenvalue weighted by Gasteiger charge is 2.31. The lowest BCUT2D eigenvalue weighted by molar-refractivity contribution is -0.157. The molecule has 0 rings (SSSR count). The second-order valence-electron chi connectivity index (χ2n) is 5.55. The van der Waals surface area contributed by atoms with Gasteiger partial charge < -0.3 is 36.8 Å². The summed E-state index contributed by atoms with van der Waals surface area (Å²) in [7, 11) is 0. The van der Waals surface area contributed by atoms with Crippen LogP contribution in [-0.2, 0) is 28.7 Å². The van der Waals surface area contributed by atoms with Crippen molar-refractivity contribution in [2.75, 3.05) is 0 Å². The molecule has 8 N–H and O–H groups in total. The Morgan fingerprint density at radius 3 is 1.92 bits per heavy atom. The van der Waals surface area contributed by atoms with Crippen LogP contribution in [0.3, 0.4) is 0 Å². The Hall–Kier alpha value is -2.73. The zero-order chi connectivity index (χ0) is 20.4. The number of carboxylic acids is 3. The van der Waals surface area contributed by atoms with Crippen molar-refractivity contribution in [2.45, 2.75) is 56.8 Å². The fraction of sp³-hybridized carbons (Fsp3) is 0.643. The highest BCUT2D eigenvalue weighted by Crippen LogP contribution is 2.06. The van der Waals surface area contributed by atoms with E-state index in [1.807, 2.05) is 0 Å². The van der Waals surface area contributed by atoms with Crippen LogP contribution < -0.4 is 16.8 Å². The first-order chi connectivity index (χ1) is 12.0. The van der Waals surface area contributed by atoms with Crippen LogP contribution in [0, 0.1) is 0 Å². The van der Waals surface area contributed by atoms with E-state index >= 15 is 0 Å². The predicted molar refractivity (Wildman–Crippen MR) is 84.8 cm³/mol. The van der Waals surface area contributed by atoms with Gasteiger partial charge in [-0.15, -0.1) is 0 Å². The van der Waals surface area contributed by atoms with Gasteiger partial charge in [-0.2, -0.15) is 0 Å². The van der Waals surface area contributed by atoms with Crippen LogP contribution in [0.15, 0.2) is 0 Å². The number of aliphatic carboxylic acids is 3. The van der Waals surface area contributed by atoms with E-state index < -0.39 is 54.0 Å². The van der Waals surface area contributed by atoms with E-state index in [0.29, 0.717) is 0 Å². The molecule has 0 aromatic heterocycles. The lowest BCUT2D eigenvalue weighted by Gasteiger charge is -2.23. The fourth-order valence-corrected chi connectivity index (χ4v) is 1.77. The van der Waals surface area contributed by atoms with Crippen LogP contribution in [-0.4, -0.2) is 69.3 Å². The van der Waals surface area contributed by atoms with Gasteiger partial charge in [-0.25, -0.2) is 4.79 Å². The molecule has 0 aromatic carbocycles. The smallest absolute Gasteiger partial charge is 0.330 e. The van der Waals surface area contributed by atoms with Crippen molar-refractivity contribution in [1.82, 2.24) is 5.32 Å². The number of hydrogen-bond acceptors (Lipinski definition) is 8. The van der Waals surface area contributed by atoms with Gasteiger partial charge in [0.1, 0.15) is 18.2 Å². The second kappa shape index (κ2) is 11.0. The molecule has 4 atom stereocenters. The number of carbonyl (C=O) groups excluding carboxylic acids is 2. The first-order valence-corrected chi connectivity index (χ1v) is 7.64. The van der Waals surface area contributed by atoms with Gasteiger partial charge >= 0.3 is 23.9 Å². The average Bonchev–Trinajstić information content (AvgIpc) is 2.54. The molecule has 0 saturated carbocycles. The standard InChI is InChI=1S/C14H23N3O9/c1-6(26-14(25)8(16)3-5-10(19)20)11(13(23)24)17-9(18)4-2-7(15)12(21)22/h6-8,11H,2-5,15-16H2,1H3,(H,17,18)(H,19,20)(H,21,22)(H,23,24)/t6-,7+,8+,11+/m1/s1. The van der Waals surface area contributed by atoms with E-state index in [0.717, 1.165) is 0 Å². The Labute approximate surface area is 148 Å². The Balaban J connectivity index is 4.65. The molecule has 12 nitrogen and oxygen atoms in total. The zero-order valence-corrected chi connectivity index (χ0v) is 14.1. The summed E-state index contributed by atoms with van der Waals surface area (Å²) in [6, 6.07) is -4.13. The quantitative estimate of drug-likeness (QED) is 0.202. The van der Waals surface area contributed by atoms with Crippen LogP contribution >= 0.6 is 0 Å². The van der Waals surface area contributed by atoms with Gasteiger partial charge in [0.15, 0.2) is 6.04 Å². The number of hydrogen-bond donors (Lipinski definition) is 6. The molecule has 0 aromatic rings. The van der Waals surface area contributed by atoms with E-state index in [1.165, 1.54) is 6.92 Å². The van der Waals surface area contributed by atoms with E-state index in [2.05, 4.69) is 5.32 Å². The maximum Gasteiger partial charge on any atom is 0.330 e. The Morgan fingerprint density at radius 2 is 1.46 bits per heavy atom. The summed E-state index contributed by atoms with van der Waals surface area (Å²) in [6.45, 7) is 1.21. The van der Waals surface area contributed by atoms with E-state index in [4.69, 9.17) is 31.5 Å². The molecule has 0 aliphatic carbocycles. The summed E-state index contributed by atoms with van der Waals surface area (Å²) in [4.78, 5) is 55.7. The monoisotopic (exact) mass is 377 g/mol. The summed E-state index contributed by atoms with van der Waals surface area (Å²) in [5, 5.41) is 28.4. The molecule has 0 unspecified atom stereocenters. The lowest BCUT2D eigenvalue weighted by atomic mass is 10.1. The molecule has 0 heterocycles. The number of carbonyl (C=O) groups is 5. The molecule has 12 heteroatoms. The first-order valence-electron chi connectivity index (χ1n) is 7.64. The molecule has 0 spiro atoms. The average molecular weight is 377 g/mol. The molecule has 0 bridgehead atoms. The van der Waals surface area contributed by atoms with Crippen molar-refractivity contribution < 1.29 is 44.0 Å². The Morgan fingerprint density at radius 1 is 0.923 bits per heavy atom. The van der Waals surface area contributed by atoms with Crippen LogP contribution in [0.5, 0.6) is 0 Å². The van der Waals surface area contributed by atoms with Crippen molar-refractivity contribution in [1.29, 1.82) is 0 Å². The Kier molecular flexibility index (Phi) is 9.84.